The van der Waals surface area contributed by atoms with E-state index < -0.39 is 31.2 Å². The normalized spacial score (nSPS) is 10.9. The molecule has 12 nitrogen and oxygen atoms in total. The van der Waals surface area contributed by atoms with Gasteiger partial charge in [-0.05, 0) is 0 Å². The molecule has 0 aliphatic heterocycles. The van der Waals surface area contributed by atoms with E-state index in [1.807, 2.05) is 0 Å². The minimum atomic E-state index is -4.67. The van der Waals surface area contributed by atoms with E-state index in [1.165, 1.54) is 0 Å². The Morgan fingerprint density at radius 1 is 0.438 bits per heavy atom. The van der Waals surface area contributed by atoms with E-state index in [4.69, 9.17) is 52.6 Å². The Kier molecular flexibility index (Phi) is 15.0. The van der Waals surface area contributed by atoms with Crippen molar-refractivity contribution < 1.29 is 52.6 Å². The monoisotopic (exact) mass is 415 g/mol. The van der Waals surface area contributed by atoms with Crippen LogP contribution in [0.15, 0.2) is 0 Å². The Bertz CT molecular complexity index is 337. The van der Waals surface area contributed by atoms with E-state index >= 15 is 0 Å². The summed E-state index contributed by atoms with van der Waals surface area (Å²) >= 11 is 0. The minimum Gasteiger partial charge on any atom is -0.264 e. The smallest absolute Gasteiger partial charge is 0.264 e. The molecule has 6 N–H and O–H groups in total. The van der Waals surface area contributed by atoms with Crippen LogP contribution < -0.4 is 0 Å². The molecule has 0 unspecified atom stereocenters. The second kappa shape index (κ2) is 9.46. The average Bonchev–Trinajstić information content (AvgIpc) is 1.41. The number of hydrogen-bond donors (Lipinski definition) is 6. The fourth-order valence-corrected chi connectivity index (χ4v) is 0. The fourth-order valence-electron chi connectivity index (χ4n) is 0. The molecule has 0 aromatic heterocycles. The number of hydrogen-bond acceptors (Lipinski definition) is 6. The molecule has 3 radical (unpaired) electrons. The third-order valence-electron chi connectivity index (χ3n) is 0. The van der Waals surface area contributed by atoms with Gasteiger partial charge >= 0.3 is 31.2 Å². The summed E-state index contributed by atoms with van der Waals surface area (Å²) in [6.07, 6.45) is 0. The van der Waals surface area contributed by atoms with Crippen LogP contribution in [-0.2, 0) is 31.2 Å². The van der Waals surface area contributed by atoms with Gasteiger partial charge in [0, 0.05) is 24.4 Å². The first kappa shape index (κ1) is 25.3. The van der Waals surface area contributed by atoms with Gasteiger partial charge in [0.1, 0.15) is 0 Å². The molecule has 16 heteroatoms. The summed E-state index contributed by atoms with van der Waals surface area (Å²) in [6, 6.07) is 0. The van der Waals surface area contributed by atoms with E-state index in [1.54, 1.807) is 0 Å². The van der Waals surface area contributed by atoms with Crippen LogP contribution in [0.25, 0.3) is 0 Å². The molecule has 0 amide bonds. The zero-order chi connectivity index (χ0) is 13.5. The van der Waals surface area contributed by atoms with E-state index in [0.29, 0.717) is 0 Å². The van der Waals surface area contributed by atoms with Crippen LogP contribution in [0.4, 0.5) is 0 Å². The van der Waals surface area contributed by atoms with Gasteiger partial charge in [0.2, 0.25) is 0 Å². The molecule has 0 heterocycles. The summed E-state index contributed by atoms with van der Waals surface area (Å²) in [7, 11) is -14.0. The summed E-state index contributed by atoms with van der Waals surface area (Å²) in [5.41, 5.74) is 0. The van der Waals surface area contributed by atoms with Gasteiger partial charge in [-0.2, -0.15) is 25.3 Å². The molecule has 0 aromatic rings. The van der Waals surface area contributed by atoms with Crippen LogP contribution in [0.2, 0.25) is 0 Å². The maximum Gasteiger partial charge on any atom is 0.394 e. The van der Waals surface area contributed by atoms with Crippen molar-refractivity contribution in [2.75, 3.05) is 0 Å². The van der Waals surface area contributed by atoms with Gasteiger partial charge in [-0.1, -0.05) is 0 Å². The van der Waals surface area contributed by atoms with Crippen molar-refractivity contribution in [1.29, 1.82) is 0 Å². The zero-order valence-corrected chi connectivity index (χ0v) is 11.8. The van der Waals surface area contributed by atoms with Gasteiger partial charge in [-0.25, -0.2) is 0 Å². The van der Waals surface area contributed by atoms with E-state index in [-0.39, 0.29) is 24.4 Å². The Hall–Kier alpha value is 0.428. The molecular formula is H6O12S3Sb. The minimum absolute atomic E-state index is 0. The van der Waals surface area contributed by atoms with Crippen LogP contribution in [-0.4, -0.2) is 77.0 Å². The molecule has 0 rings (SSSR count). The molecule has 16 heavy (non-hydrogen) atoms. The van der Waals surface area contributed by atoms with Gasteiger partial charge in [-0.15, -0.1) is 0 Å². The summed E-state index contributed by atoms with van der Waals surface area (Å²) in [6.45, 7) is 0. The van der Waals surface area contributed by atoms with Crippen LogP contribution in [0.3, 0.4) is 0 Å². The van der Waals surface area contributed by atoms with E-state index in [0.717, 1.165) is 0 Å². The van der Waals surface area contributed by atoms with Crippen molar-refractivity contribution in [1.82, 2.24) is 0 Å². The quantitative estimate of drug-likeness (QED) is 0.181. The van der Waals surface area contributed by atoms with Crippen molar-refractivity contribution in [2.24, 2.45) is 0 Å². The van der Waals surface area contributed by atoms with Gasteiger partial charge in [-0.3, -0.25) is 27.3 Å². The van der Waals surface area contributed by atoms with Crippen LogP contribution >= 0.6 is 0 Å². The predicted octanol–water partition coefficient (Wildman–Crippen LogP) is -2.34. The molecule has 0 saturated carbocycles. The molecule has 0 aliphatic rings. The van der Waals surface area contributed by atoms with Crippen molar-refractivity contribution in [3.05, 3.63) is 0 Å². The molecule has 0 bridgehead atoms. The Morgan fingerprint density at radius 2 is 0.438 bits per heavy atom. The topological polar surface area (TPSA) is 224 Å². The summed E-state index contributed by atoms with van der Waals surface area (Å²) < 4.78 is 94.8. The maximum absolute atomic E-state index is 8.74. The van der Waals surface area contributed by atoms with Gasteiger partial charge < -0.3 is 0 Å². The van der Waals surface area contributed by atoms with Crippen molar-refractivity contribution >= 4 is 55.6 Å². The summed E-state index contributed by atoms with van der Waals surface area (Å²) in [5.74, 6) is 0. The van der Waals surface area contributed by atoms with Crippen molar-refractivity contribution in [3.63, 3.8) is 0 Å². The van der Waals surface area contributed by atoms with Gasteiger partial charge in [0.05, 0.1) is 0 Å². The second-order valence-electron chi connectivity index (χ2n) is 1.34. The molecule has 101 valence electrons. The first-order valence-corrected chi connectivity index (χ1v) is 6.29. The Labute approximate surface area is 108 Å². The Balaban J connectivity index is -0.0000000655. The first-order valence-electron chi connectivity index (χ1n) is 2.10. The van der Waals surface area contributed by atoms with Crippen LogP contribution in [0, 0.1) is 0 Å². The maximum atomic E-state index is 8.74. The van der Waals surface area contributed by atoms with Gasteiger partial charge in [0.25, 0.3) is 0 Å². The molecule has 0 aromatic carbocycles. The van der Waals surface area contributed by atoms with E-state index in [2.05, 4.69) is 0 Å². The molecular weight excluding hydrogens is 410 g/mol. The Morgan fingerprint density at radius 3 is 0.438 bits per heavy atom. The molecule has 0 spiro atoms. The largest absolute Gasteiger partial charge is 0.394 e. The fraction of sp³-hybridized carbons (Fsp3) is 0. The third-order valence-corrected chi connectivity index (χ3v) is 0. The SMILES string of the molecule is O=S(=O)(O)O.O=S(=O)(O)O.O=S(=O)(O)O.[Sb]. The standard InChI is InChI=1S/3H2O4S.Sb/c3*1-5(2,3)4;/h3*(H2,1,2,3,4);. The average molecular weight is 416 g/mol. The summed E-state index contributed by atoms with van der Waals surface area (Å²) in [5, 5.41) is 0. The van der Waals surface area contributed by atoms with Crippen LogP contribution in [0.5, 0.6) is 0 Å². The molecule has 0 atom stereocenters. The second-order valence-corrected chi connectivity index (χ2v) is 4.03. The van der Waals surface area contributed by atoms with Crippen molar-refractivity contribution in [3.8, 4) is 0 Å². The predicted molar refractivity (Wildman–Crippen MR) is 48.3 cm³/mol. The summed E-state index contributed by atoms with van der Waals surface area (Å²) in [4.78, 5) is 0. The van der Waals surface area contributed by atoms with Crippen molar-refractivity contribution in [2.45, 2.75) is 0 Å². The van der Waals surface area contributed by atoms with Gasteiger partial charge in [0.15, 0.2) is 0 Å². The molecule has 0 aliphatic carbocycles. The van der Waals surface area contributed by atoms with Crippen LogP contribution in [0.1, 0.15) is 0 Å². The molecule has 0 fully saturated rings. The number of rotatable bonds is 0. The first-order chi connectivity index (χ1) is 6.00. The van der Waals surface area contributed by atoms with E-state index in [9.17, 15) is 0 Å². The third kappa shape index (κ3) is 14200. The molecule has 0 saturated heterocycles. The zero-order valence-electron chi connectivity index (χ0n) is 6.80.